The highest BCUT2D eigenvalue weighted by atomic mass is 35.5. The van der Waals surface area contributed by atoms with Gasteiger partial charge >= 0.3 is 5.97 Å². The largest absolute Gasteiger partial charge is 0.496 e. The molecule has 1 saturated carbocycles. The highest BCUT2D eigenvalue weighted by Crippen LogP contribution is 2.39. The molecule has 188 valence electrons. The number of carbonyl (C=O) groups is 2. The Morgan fingerprint density at radius 2 is 1.83 bits per heavy atom. The number of carboxylic acids is 1. The molecule has 1 aromatic heterocycles. The summed E-state index contributed by atoms with van der Waals surface area (Å²) in [5, 5.41) is 12.9. The third kappa shape index (κ3) is 5.88. The second-order valence-electron chi connectivity index (χ2n) is 9.34. The van der Waals surface area contributed by atoms with Gasteiger partial charge in [0.15, 0.2) is 0 Å². The Bertz CT molecular complexity index is 1240. The van der Waals surface area contributed by atoms with Crippen molar-refractivity contribution in [1.82, 2.24) is 4.98 Å². The number of nitrogens with zero attached hydrogens (tertiary/aromatic N) is 1. The Balaban J connectivity index is 1.61. The standard InChI is InChI=1S/C29H31ClN2O4/c1-18-24(11-14-27(33)34)26(36-2)13-12-25(18)32-29(35)28(20-5-3-4-6-20)21-9-7-19(8-10-21)22-15-23(30)17-31-16-22/h7-10,12-13,15-17,20,28H,3-6,11,14H2,1-2H3,(H,32,35)(H,33,34)/t28-/m1/s1. The molecule has 6 nitrogen and oxygen atoms in total. The van der Waals surface area contributed by atoms with Gasteiger partial charge < -0.3 is 15.2 Å². The number of aromatic nitrogens is 1. The van der Waals surface area contributed by atoms with Crippen molar-refractivity contribution < 1.29 is 19.4 Å². The summed E-state index contributed by atoms with van der Waals surface area (Å²) in [5.74, 6) is -0.289. The van der Waals surface area contributed by atoms with Crippen molar-refractivity contribution in [2.45, 2.75) is 51.4 Å². The number of ether oxygens (including phenoxy) is 1. The van der Waals surface area contributed by atoms with E-state index in [4.69, 9.17) is 21.4 Å². The monoisotopic (exact) mass is 506 g/mol. The molecule has 0 radical (unpaired) electrons. The van der Waals surface area contributed by atoms with E-state index in [0.717, 1.165) is 53.5 Å². The molecule has 7 heteroatoms. The van der Waals surface area contributed by atoms with Crippen molar-refractivity contribution in [2.75, 3.05) is 12.4 Å². The summed E-state index contributed by atoms with van der Waals surface area (Å²) >= 11 is 6.11. The van der Waals surface area contributed by atoms with E-state index in [2.05, 4.69) is 10.3 Å². The summed E-state index contributed by atoms with van der Waals surface area (Å²) in [6, 6.07) is 13.6. The van der Waals surface area contributed by atoms with Crippen molar-refractivity contribution in [2.24, 2.45) is 5.92 Å². The van der Waals surface area contributed by atoms with E-state index >= 15 is 0 Å². The molecule has 0 saturated heterocycles. The summed E-state index contributed by atoms with van der Waals surface area (Å²) in [6.07, 6.45) is 7.99. The van der Waals surface area contributed by atoms with E-state index in [0.29, 0.717) is 22.9 Å². The number of hydrogen-bond donors (Lipinski definition) is 2. The molecule has 4 rings (SSSR count). The van der Waals surface area contributed by atoms with Gasteiger partial charge in [-0.15, -0.1) is 0 Å². The summed E-state index contributed by atoms with van der Waals surface area (Å²) in [5.41, 5.74) is 5.22. The van der Waals surface area contributed by atoms with Crippen molar-refractivity contribution in [3.05, 3.63) is 76.6 Å². The summed E-state index contributed by atoms with van der Waals surface area (Å²) in [7, 11) is 1.57. The molecule has 1 amide bonds. The normalized spacial score (nSPS) is 14.4. The topological polar surface area (TPSA) is 88.5 Å². The first-order chi connectivity index (χ1) is 17.4. The lowest BCUT2D eigenvalue weighted by Crippen LogP contribution is -2.27. The smallest absolute Gasteiger partial charge is 0.303 e. The maximum absolute atomic E-state index is 13.7. The van der Waals surface area contributed by atoms with Gasteiger partial charge in [0.25, 0.3) is 0 Å². The second kappa shape index (κ2) is 11.6. The SMILES string of the molecule is COc1ccc(NC(=O)[C@@H](c2ccc(-c3cncc(Cl)c3)cc2)C2CCCC2)c(C)c1CCC(=O)O. The molecule has 1 aliphatic rings. The summed E-state index contributed by atoms with van der Waals surface area (Å²) in [4.78, 5) is 29.0. The van der Waals surface area contributed by atoms with Crippen LogP contribution in [0.1, 0.15) is 54.7 Å². The molecule has 1 atom stereocenters. The number of rotatable bonds is 9. The molecule has 1 heterocycles. The zero-order chi connectivity index (χ0) is 25.7. The summed E-state index contributed by atoms with van der Waals surface area (Å²) < 4.78 is 5.45. The number of hydrogen-bond acceptors (Lipinski definition) is 4. The average Bonchev–Trinajstić information content (AvgIpc) is 3.39. The van der Waals surface area contributed by atoms with Crippen LogP contribution in [0.25, 0.3) is 11.1 Å². The summed E-state index contributed by atoms with van der Waals surface area (Å²) in [6.45, 7) is 1.90. The maximum atomic E-state index is 13.7. The Morgan fingerprint density at radius 1 is 1.11 bits per heavy atom. The number of aliphatic carboxylic acids is 1. The molecule has 0 spiro atoms. The predicted octanol–water partition coefficient (Wildman–Crippen LogP) is 6.65. The fraction of sp³-hybridized carbons (Fsp3) is 0.345. The quantitative estimate of drug-likeness (QED) is 0.339. The van der Waals surface area contributed by atoms with Crippen LogP contribution in [0, 0.1) is 12.8 Å². The van der Waals surface area contributed by atoms with Crippen LogP contribution in [-0.4, -0.2) is 29.1 Å². The number of carbonyl (C=O) groups excluding carboxylic acids is 1. The minimum Gasteiger partial charge on any atom is -0.496 e. The Morgan fingerprint density at radius 3 is 2.47 bits per heavy atom. The number of nitrogens with one attached hydrogen (secondary N) is 1. The number of methoxy groups -OCH3 is 1. The zero-order valence-corrected chi connectivity index (χ0v) is 21.3. The number of benzene rings is 2. The fourth-order valence-corrected chi connectivity index (χ4v) is 5.37. The van der Waals surface area contributed by atoms with Gasteiger partial charge in [-0.1, -0.05) is 48.7 Å². The third-order valence-corrected chi connectivity index (χ3v) is 7.29. The van der Waals surface area contributed by atoms with Crippen LogP contribution in [0.3, 0.4) is 0 Å². The van der Waals surface area contributed by atoms with Crippen LogP contribution in [0.5, 0.6) is 5.75 Å². The molecule has 0 bridgehead atoms. The lowest BCUT2D eigenvalue weighted by Gasteiger charge is -2.24. The van der Waals surface area contributed by atoms with E-state index in [1.54, 1.807) is 25.6 Å². The molecule has 1 aliphatic carbocycles. The van der Waals surface area contributed by atoms with E-state index in [9.17, 15) is 9.59 Å². The average molecular weight is 507 g/mol. The molecule has 36 heavy (non-hydrogen) atoms. The molecule has 1 fully saturated rings. The van der Waals surface area contributed by atoms with Crippen LogP contribution in [-0.2, 0) is 16.0 Å². The molecular formula is C29H31ClN2O4. The molecule has 2 N–H and O–H groups in total. The van der Waals surface area contributed by atoms with Gasteiger partial charge in [-0.05, 0) is 72.6 Å². The number of amides is 1. The van der Waals surface area contributed by atoms with Crippen LogP contribution in [0.4, 0.5) is 5.69 Å². The highest BCUT2D eigenvalue weighted by Gasteiger charge is 2.32. The van der Waals surface area contributed by atoms with Crippen molar-refractivity contribution in [3.8, 4) is 16.9 Å². The van der Waals surface area contributed by atoms with Gasteiger partial charge in [-0.25, -0.2) is 0 Å². The third-order valence-electron chi connectivity index (χ3n) is 7.08. The maximum Gasteiger partial charge on any atom is 0.303 e. The number of carboxylic acid groups (broad SMARTS) is 1. The lowest BCUT2D eigenvalue weighted by molar-refractivity contribution is -0.137. The number of pyridine rings is 1. The number of anilines is 1. The van der Waals surface area contributed by atoms with Crippen LogP contribution < -0.4 is 10.1 Å². The first-order valence-electron chi connectivity index (χ1n) is 12.3. The van der Waals surface area contributed by atoms with Gasteiger partial charge in [0.2, 0.25) is 5.91 Å². The molecule has 2 aromatic carbocycles. The molecule has 0 unspecified atom stereocenters. The molecule has 3 aromatic rings. The van der Waals surface area contributed by atoms with E-state index < -0.39 is 5.97 Å². The predicted molar refractivity (Wildman–Crippen MR) is 142 cm³/mol. The fourth-order valence-electron chi connectivity index (χ4n) is 5.19. The highest BCUT2D eigenvalue weighted by molar-refractivity contribution is 6.30. The van der Waals surface area contributed by atoms with Crippen molar-refractivity contribution in [1.29, 1.82) is 0 Å². The van der Waals surface area contributed by atoms with E-state index in [-0.39, 0.29) is 24.2 Å². The van der Waals surface area contributed by atoms with Gasteiger partial charge in [0.05, 0.1) is 18.1 Å². The molecule has 0 aliphatic heterocycles. The lowest BCUT2D eigenvalue weighted by atomic mass is 9.83. The first kappa shape index (κ1) is 25.7. The van der Waals surface area contributed by atoms with Crippen LogP contribution in [0.2, 0.25) is 5.02 Å². The molecular weight excluding hydrogens is 476 g/mol. The number of halogens is 1. The zero-order valence-electron chi connectivity index (χ0n) is 20.6. The van der Waals surface area contributed by atoms with Crippen LogP contribution >= 0.6 is 11.6 Å². The Labute approximate surface area is 216 Å². The minimum atomic E-state index is -0.871. The second-order valence-corrected chi connectivity index (χ2v) is 9.77. The van der Waals surface area contributed by atoms with Gasteiger partial charge in [0.1, 0.15) is 5.75 Å². The van der Waals surface area contributed by atoms with Crippen molar-refractivity contribution >= 4 is 29.2 Å². The first-order valence-corrected chi connectivity index (χ1v) is 12.6. The van der Waals surface area contributed by atoms with E-state index in [1.807, 2.05) is 43.3 Å². The van der Waals surface area contributed by atoms with Crippen molar-refractivity contribution in [3.63, 3.8) is 0 Å². The van der Waals surface area contributed by atoms with Gasteiger partial charge in [0, 0.05) is 30.1 Å². The van der Waals surface area contributed by atoms with Crippen LogP contribution in [0.15, 0.2) is 54.9 Å². The Hall–Kier alpha value is -3.38. The Kier molecular flexibility index (Phi) is 8.26. The minimum absolute atomic E-state index is 0.00616. The van der Waals surface area contributed by atoms with Gasteiger partial charge in [-0.3, -0.25) is 14.6 Å². The van der Waals surface area contributed by atoms with E-state index in [1.165, 1.54) is 0 Å². The van der Waals surface area contributed by atoms with Gasteiger partial charge in [-0.2, -0.15) is 0 Å².